The van der Waals surface area contributed by atoms with Crippen molar-refractivity contribution in [1.29, 1.82) is 0 Å². The Morgan fingerprint density at radius 3 is 2.56 bits per heavy atom. The predicted molar refractivity (Wildman–Crippen MR) is 83.4 cm³/mol. The van der Waals surface area contributed by atoms with E-state index < -0.39 is 38.8 Å². The van der Waals surface area contributed by atoms with Gasteiger partial charge in [-0.25, -0.2) is 9.36 Å². The van der Waals surface area contributed by atoms with Gasteiger partial charge < -0.3 is 25.1 Å². The van der Waals surface area contributed by atoms with Crippen molar-refractivity contribution in [3.8, 4) is 5.75 Å². The fraction of sp³-hybridized carbons (Fsp3) is 0.385. The summed E-state index contributed by atoms with van der Waals surface area (Å²) in [7, 11) is -4.77. The number of hydrogen-bond acceptors (Lipinski definition) is 7. The van der Waals surface area contributed by atoms with Gasteiger partial charge in [0.2, 0.25) is 0 Å². The van der Waals surface area contributed by atoms with Crippen molar-refractivity contribution in [3.63, 3.8) is 0 Å². The molecule has 0 fully saturated rings. The molecule has 0 aliphatic rings. The molecule has 0 saturated heterocycles. The van der Waals surface area contributed by atoms with E-state index in [1.165, 1.54) is 13.1 Å². The number of aliphatic carboxylic acids is 2. The van der Waals surface area contributed by atoms with Gasteiger partial charge in [0.05, 0.1) is 12.3 Å². The Morgan fingerprint density at radius 1 is 1.40 bits per heavy atom. The minimum absolute atomic E-state index is 0.0254. The van der Waals surface area contributed by atoms with Gasteiger partial charge in [-0.3, -0.25) is 19.3 Å². The summed E-state index contributed by atoms with van der Waals surface area (Å²) in [4.78, 5) is 46.7. The van der Waals surface area contributed by atoms with E-state index in [9.17, 15) is 19.3 Å². The van der Waals surface area contributed by atoms with E-state index in [0.717, 1.165) is 6.21 Å². The number of rotatable bonds is 9. The molecule has 138 valence electrons. The van der Waals surface area contributed by atoms with E-state index in [-0.39, 0.29) is 29.0 Å². The lowest BCUT2D eigenvalue weighted by molar-refractivity contribution is -0.139. The Kier molecular flexibility index (Phi) is 7.19. The van der Waals surface area contributed by atoms with Gasteiger partial charge in [-0.1, -0.05) is 0 Å². The van der Waals surface area contributed by atoms with E-state index in [2.05, 4.69) is 14.5 Å². The molecule has 0 saturated carbocycles. The summed E-state index contributed by atoms with van der Waals surface area (Å²) in [5.74, 6) is -2.89. The third-order valence-corrected chi connectivity index (χ3v) is 3.51. The molecule has 1 heterocycles. The first-order chi connectivity index (χ1) is 11.5. The van der Waals surface area contributed by atoms with Crippen LogP contribution in [-0.4, -0.2) is 54.3 Å². The van der Waals surface area contributed by atoms with Crippen LogP contribution in [0.25, 0.3) is 0 Å². The second-order valence-corrected chi connectivity index (χ2v) is 6.20. The Bertz CT molecular complexity index is 728. The molecular weight excluding hydrogens is 359 g/mol. The number of pyridine rings is 1. The number of aliphatic imine (C=N–C) groups is 1. The maximum atomic E-state index is 11.1. The molecule has 0 aliphatic heterocycles. The zero-order valence-corrected chi connectivity index (χ0v) is 14.0. The van der Waals surface area contributed by atoms with E-state index in [1.807, 2.05) is 0 Å². The van der Waals surface area contributed by atoms with Crippen LogP contribution in [0.3, 0.4) is 0 Å². The highest BCUT2D eigenvalue weighted by Gasteiger charge is 2.20. The van der Waals surface area contributed by atoms with E-state index in [0.29, 0.717) is 0 Å². The third-order valence-electron chi connectivity index (χ3n) is 3.05. The summed E-state index contributed by atoms with van der Waals surface area (Å²) in [6.45, 7) is 0.860. The molecule has 0 unspecified atom stereocenters. The van der Waals surface area contributed by atoms with Crippen LogP contribution in [0.15, 0.2) is 11.2 Å². The zero-order valence-electron chi connectivity index (χ0n) is 13.1. The lowest BCUT2D eigenvalue weighted by Gasteiger charge is -2.11. The van der Waals surface area contributed by atoms with Gasteiger partial charge in [-0.15, -0.1) is 0 Å². The van der Waals surface area contributed by atoms with Crippen LogP contribution in [0.2, 0.25) is 0 Å². The summed E-state index contributed by atoms with van der Waals surface area (Å²) >= 11 is 0. The molecule has 0 spiro atoms. The van der Waals surface area contributed by atoms with Gasteiger partial charge in [0.25, 0.3) is 0 Å². The van der Waals surface area contributed by atoms with Crippen LogP contribution in [0, 0.1) is 6.92 Å². The van der Waals surface area contributed by atoms with Crippen molar-refractivity contribution in [3.05, 3.63) is 23.0 Å². The smallest absolute Gasteiger partial charge is 0.469 e. The summed E-state index contributed by atoms with van der Waals surface area (Å²) in [6, 6.07) is -1.36. The lowest BCUT2D eigenvalue weighted by Crippen LogP contribution is -2.19. The first kappa shape index (κ1) is 20.7. The van der Waals surface area contributed by atoms with Crippen molar-refractivity contribution < 1.29 is 43.8 Å². The van der Waals surface area contributed by atoms with E-state index >= 15 is 0 Å². The normalized spacial score (nSPS) is 13.1. The number of phosphoric ester groups is 1. The molecule has 0 bridgehead atoms. The molecule has 25 heavy (non-hydrogen) atoms. The summed E-state index contributed by atoms with van der Waals surface area (Å²) in [5, 5.41) is 27.7. The van der Waals surface area contributed by atoms with Gasteiger partial charge in [0.1, 0.15) is 11.8 Å². The monoisotopic (exact) mass is 376 g/mol. The fourth-order valence-electron chi connectivity index (χ4n) is 1.75. The minimum atomic E-state index is -4.77. The maximum absolute atomic E-state index is 11.1. The van der Waals surface area contributed by atoms with Gasteiger partial charge >= 0.3 is 19.8 Å². The molecule has 0 aliphatic carbocycles. The minimum Gasteiger partial charge on any atom is -0.505 e. The second kappa shape index (κ2) is 8.67. The molecule has 0 aromatic carbocycles. The van der Waals surface area contributed by atoms with Gasteiger partial charge in [0.15, 0.2) is 0 Å². The molecule has 11 nitrogen and oxygen atoms in total. The quantitative estimate of drug-likeness (QED) is 0.299. The van der Waals surface area contributed by atoms with Crippen LogP contribution in [0.1, 0.15) is 29.7 Å². The van der Waals surface area contributed by atoms with Crippen LogP contribution in [0.5, 0.6) is 5.75 Å². The van der Waals surface area contributed by atoms with Gasteiger partial charge in [-0.05, 0) is 13.3 Å². The number of nitrogens with zero attached hydrogens (tertiary/aromatic N) is 2. The number of carbonyl (C=O) groups is 2. The van der Waals surface area contributed by atoms with Gasteiger partial charge in [0, 0.05) is 30.0 Å². The zero-order chi connectivity index (χ0) is 19.2. The SMILES string of the molecule is Cc1ncc(COP(=O)(O)O)c(C=N[C@@H](CCC(=O)O)C(=O)O)c1O. The molecule has 0 amide bonds. The highest BCUT2D eigenvalue weighted by Crippen LogP contribution is 2.37. The largest absolute Gasteiger partial charge is 0.505 e. The van der Waals surface area contributed by atoms with Crippen molar-refractivity contribution in [1.82, 2.24) is 4.98 Å². The molecular formula is C13H17N2O9P. The van der Waals surface area contributed by atoms with Crippen molar-refractivity contribution >= 4 is 26.0 Å². The summed E-state index contributed by atoms with van der Waals surface area (Å²) < 4.78 is 15.1. The number of aromatic nitrogens is 1. The maximum Gasteiger partial charge on any atom is 0.469 e. The fourth-order valence-corrected chi connectivity index (χ4v) is 2.06. The van der Waals surface area contributed by atoms with Gasteiger partial charge in [-0.2, -0.15) is 0 Å². The van der Waals surface area contributed by atoms with Crippen molar-refractivity contribution in [2.75, 3.05) is 0 Å². The standard InChI is InChI=1S/C13H17N2O9P/c1-7-12(18)9(8(4-14-7)6-24-25(21,22)23)5-15-10(13(19)20)2-3-11(16)17/h4-5,10,18H,2-3,6H2,1H3,(H,16,17)(H,19,20)(H2,21,22,23)/t10-/m0/s1. The average Bonchev–Trinajstić information content (AvgIpc) is 2.48. The van der Waals surface area contributed by atoms with E-state index in [4.69, 9.17) is 20.0 Å². The summed E-state index contributed by atoms with van der Waals surface area (Å²) in [6.07, 6.45) is 1.51. The molecule has 1 atom stereocenters. The van der Waals surface area contributed by atoms with Crippen LogP contribution >= 0.6 is 7.82 Å². The second-order valence-electron chi connectivity index (χ2n) is 4.96. The first-order valence-electron chi connectivity index (χ1n) is 6.86. The topological polar surface area (TPSA) is 187 Å². The van der Waals surface area contributed by atoms with Crippen molar-refractivity contribution in [2.24, 2.45) is 4.99 Å². The van der Waals surface area contributed by atoms with E-state index in [1.54, 1.807) is 0 Å². The molecule has 0 radical (unpaired) electrons. The predicted octanol–water partition coefficient (Wildman–Crippen LogP) is 0.442. The highest BCUT2D eigenvalue weighted by atomic mass is 31.2. The molecule has 5 N–H and O–H groups in total. The Balaban J connectivity index is 3.11. The number of aromatic hydroxyl groups is 1. The third kappa shape index (κ3) is 6.98. The number of hydrogen-bond donors (Lipinski definition) is 5. The Hall–Kier alpha value is -2.33. The Morgan fingerprint density at radius 2 is 2.04 bits per heavy atom. The van der Waals surface area contributed by atoms with Crippen LogP contribution < -0.4 is 0 Å². The number of carboxylic acid groups (broad SMARTS) is 2. The molecule has 1 aromatic rings. The number of carboxylic acids is 2. The van der Waals surface area contributed by atoms with Crippen molar-refractivity contribution in [2.45, 2.75) is 32.4 Å². The number of aryl methyl sites for hydroxylation is 1. The number of phosphoric acid groups is 1. The molecule has 12 heteroatoms. The van der Waals surface area contributed by atoms with Crippen LogP contribution in [-0.2, 0) is 25.3 Å². The summed E-state index contributed by atoms with van der Waals surface area (Å²) in [5.41, 5.74) is 0.221. The molecule has 1 aromatic heterocycles. The lowest BCUT2D eigenvalue weighted by atomic mass is 10.1. The highest BCUT2D eigenvalue weighted by molar-refractivity contribution is 7.46. The molecule has 1 rings (SSSR count). The Labute approximate surface area is 141 Å². The first-order valence-corrected chi connectivity index (χ1v) is 8.39. The van der Waals surface area contributed by atoms with Crippen LogP contribution in [0.4, 0.5) is 0 Å². The average molecular weight is 376 g/mol.